The molecule has 9 heteroatoms. The molecule has 0 unspecified atom stereocenters. The molecular formula is C25H32ClN3O5. The zero-order chi connectivity index (χ0) is 24.1. The van der Waals surface area contributed by atoms with Gasteiger partial charge in [0.1, 0.15) is 17.6 Å². The first-order valence-electron chi connectivity index (χ1n) is 11.9. The van der Waals surface area contributed by atoms with Crippen molar-refractivity contribution in [2.75, 3.05) is 39.4 Å². The van der Waals surface area contributed by atoms with Crippen LogP contribution in [-0.2, 0) is 20.7 Å². The number of carbonyl (C=O) groups is 2. The van der Waals surface area contributed by atoms with E-state index in [-0.39, 0.29) is 23.8 Å². The Balaban J connectivity index is 1.41. The van der Waals surface area contributed by atoms with Crippen LogP contribution in [0.2, 0.25) is 5.02 Å². The molecule has 0 saturated carbocycles. The van der Waals surface area contributed by atoms with E-state index in [0.717, 1.165) is 22.8 Å². The summed E-state index contributed by atoms with van der Waals surface area (Å²) in [5, 5.41) is 4.62. The van der Waals surface area contributed by atoms with E-state index in [4.69, 9.17) is 25.6 Å². The van der Waals surface area contributed by atoms with Gasteiger partial charge in [-0.3, -0.25) is 9.59 Å². The number of aromatic nitrogens is 1. The summed E-state index contributed by atoms with van der Waals surface area (Å²) in [6.07, 6.45) is 1.83. The van der Waals surface area contributed by atoms with E-state index < -0.39 is 0 Å². The Hall–Kier alpha value is -2.58. The van der Waals surface area contributed by atoms with E-state index in [0.29, 0.717) is 70.1 Å². The number of hydrogen-bond acceptors (Lipinski definition) is 6. The fourth-order valence-corrected chi connectivity index (χ4v) is 4.82. The van der Waals surface area contributed by atoms with Crippen LogP contribution in [0.4, 0.5) is 0 Å². The second kappa shape index (κ2) is 11.2. The first-order valence-corrected chi connectivity index (χ1v) is 12.3. The van der Waals surface area contributed by atoms with E-state index >= 15 is 0 Å². The molecule has 0 N–H and O–H groups in total. The number of ether oxygens (including phenoxy) is 2. The molecule has 3 heterocycles. The lowest BCUT2D eigenvalue weighted by molar-refractivity contribution is -0.141. The predicted molar refractivity (Wildman–Crippen MR) is 127 cm³/mol. The van der Waals surface area contributed by atoms with Crippen molar-refractivity contribution < 1.29 is 23.6 Å². The predicted octanol–water partition coefficient (Wildman–Crippen LogP) is 3.42. The van der Waals surface area contributed by atoms with Gasteiger partial charge in [0, 0.05) is 61.9 Å². The van der Waals surface area contributed by atoms with Crippen molar-refractivity contribution in [1.29, 1.82) is 0 Å². The van der Waals surface area contributed by atoms with Crippen molar-refractivity contribution in [3.8, 4) is 5.75 Å². The number of halogens is 1. The summed E-state index contributed by atoms with van der Waals surface area (Å²) >= 11 is 6.01. The van der Waals surface area contributed by atoms with Gasteiger partial charge in [0.15, 0.2) is 0 Å². The second-order valence-electron chi connectivity index (χ2n) is 9.00. The van der Waals surface area contributed by atoms with Crippen molar-refractivity contribution in [2.24, 2.45) is 5.92 Å². The van der Waals surface area contributed by atoms with Crippen molar-refractivity contribution >= 4 is 23.4 Å². The third kappa shape index (κ3) is 6.10. The third-order valence-corrected chi connectivity index (χ3v) is 6.94. The van der Waals surface area contributed by atoms with Crippen molar-refractivity contribution in [1.82, 2.24) is 15.0 Å². The minimum Gasteiger partial charge on any atom is -0.490 e. The molecule has 1 aromatic carbocycles. The molecular weight excluding hydrogens is 458 g/mol. The molecule has 2 saturated heterocycles. The van der Waals surface area contributed by atoms with E-state index in [1.54, 1.807) is 12.1 Å². The van der Waals surface area contributed by atoms with E-state index in [2.05, 4.69) is 5.16 Å². The molecule has 2 amide bonds. The number of likely N-dealkylation sites (tertiary alicyclic amines) is 1. The molecule has 34 heavy (non-hydrogen) atoms. The third-order valence-electron chi connectivity index (χ3n) is 6.69. The molecule has 2 aliphatic rings. The lowest BCUT2D eigenvalue weighted by atomic mass is 9.90. The molecule has 0 aliphatic carbocycles. The van der Waals surface area contributed by atoms with E-state index in [1.807, 2.05) is 35.8 Å². The molecule has 2 fully saturated rings. The molecule has 4 rings (SSSR count). The van der Waals surface area contributed by atoms with Crippen molar-refractivity contribution in [3.63, 3.8) is 0 Å². The van der Waals surface area contributed by atoms with Crippen LogP contribution < -0.4 is 4.74 Å². The van der Waals surface area contributed by atoms with Gasteiger partial charge >= 0.3 is 0 Å². The number of morpholine rings is 1. The highest BCUT2D eigenvalue weighted by molar-refractivity contribution is 6.30. The van der Waals surface area contributed by atoms with Gasteiger partial charge in [-0.05, 0) is 44.5 Å². The zero-order valence-corrected chi connectivity index (χ0v) is 20.6. The summed E-state index contributed by atoms with van der Waals surface area (Å²) < 4.78 is 16.9. The van der Waals surface area contributed by atoms with Crippen LogP contribution in [0.1, 0.15) is 36.3 Å². The van der Waals surface area contributed by atoms with Gasteiger partial charge in [-0.25, -0.2) is 0 Å². The largest absolute Gasteiger partial charge is 0.490 e. The molecule has 0 radical (unpaired) electrons. The van der Waals surface area contributed by atoms with Crippen LogP contribution in [-0.4, -0.2) is 72.3 Å². The molecule has 0 spiro atoms. The Kier molecular flexibility index (Phi) is 8.11. The molecule has 184 valence electrons. The van der Waals surface area contributed by atoms with Crippen LogP contribution in [0.15, 0.2) is 28.8 Å². The number of carbonyl (C=O) groups excluding carboxylic acids is 2. The van der Waals surface area contributed by atoms with Crippen molar-refractivity contribution in [3.05, 3.63) is 46.3 Å². The summed E-state index contributed by atoms with van der Waals surface area (Å²) in [5.41, 5.74) is 1.82. The number of aryl methyl sites for hydroxylation is 2. The quantitative estimate of drug-likeness (QED) is 0.592. The van der Waals surface area contributed by atoms with E-state index in [1.165, 1.54) is 0 Å². The van der Waals surface area contributed by atoms with Gasteiger partial charge < -0.3 is 23.8 Å². The summed E-state index contributed by atoms with van der Waals surface area (Å²) in [6, 6.07) is 7.25. The van der Waals surface area contributed by atoms with Crippen LogP contribution in [0.25, 0.3) is 0 Å². The highest BCUT2D eigenvalue weighted by Gasteiger charge is 2.35. The van der Waals surface area contributed by atoms with Gasteiger partial charge in [0.25, 0.3) is 0 Å². The van der Waals surface area contributed by atoms with Gasteiger partial charge in [-0.15, -0.1) is 0 Å². The topological polar surface area (TPSA) is 85.1 Å². The maximum atomic E-state index is 13.1. The lowest BCUT2D eigenvalue weighted by Gasteiger charge is -2.39. The number of piperidine rings is 1. The lowest BCUT2D eigenvalue weighted by Crippen LogP contribution is -2.50. The average molecular weight is 490 g/mol. The zero-order valence-electron chi connectivity index (χ0n) is 19.8. The number of nitrogens with zero attached hydrogens (tertiary/aromatic N) is 3. The van der Waals surface area contributed by atoms with Gasteiger partial charge in [-0.1, -0.05) is 16.8 Å². The number of hydrogen-bond donors (Lipinski definition) is 0. The normalized spacial score (nSPS) is 20.9. The SMILES string of the molecule is Cc1noc(C)c1CCC(=O)N1CC[C@H](Oc2ccc(Cl)cc2)[C@@H](CC(=O)N2CCOCC2)C1. The molecule has 2 aromatic rings. The first-order chi connectivity index (χ1) is 16.4. The highest BCUT2D eigenvalue weighted by atomic mass is 35.5. The Morgan fingerprint density at radius 1 is 1.09 bits per heavy atom. The molecule has 0 bridgehead atoms. The summed E-state index contributed by atoms with van der Waals surface area (Å²) in [6.45, 7) is 7.19. The van der Waals surface area contributed by atoms with Crippen LogP contribution in [0.3, 0.4) is 0 Å². The number of rotatable bonds is 7. The standard InChI is InChI=1S/C25H32ClN3O5/c1-17-22(18(2)34-27-17)7-8-24(30)29-10-9-23(33-21-5-3-20(26)4-6-21)19(16-29)15-25(31)28-11-13-32-14-12-28/h3-6,19,23H,7-16H2,1-2H3/t19-,23-/m0/s1. The average Bonchev–Trinajstić information content (AvgIpc) is 3.17. The minimum absolute atomic E-state index is 0.0776. The number of benzene rings is 1. The second-order valence-corrected chi connectivity index (χ2v) is 9.44. The van der Waals surface area contributed by atoms with Crippen LogP contribution in [0, 0.1) is 19.8 Å². The molecule has 2 aliphatic heterocycles. The molecule has 2 atom stereocenters. The Morgan fingerprint density at radius 2 is 1.82 bits per heavy atom. The monoisotopic (exact) mass is 489 g/mol. The van der Waals surface area contributed by atoms with Crippen LogP contribution >= 0.6 is 11.6 Å². The van der Waals surface area contributed by atoms with Gasteiger partial charge in [0.2, 0.25) is 11.8 Å². The van der Waals surface area contributed by atoms with Crippen molar-refractivity contribution in [2.45, 2.75) is 45.6 Å². The van der Waals surface area contributed by atoms with Gasteiger partial charge in [0.05, 0.1) is 18.9 Å². The maximum Gasteiger partial charge on any atom is 0.223 e. The molecule has 8 nitrogen and oxygen atoms in total. The van der Waals surface area contributed by atoms with Gasteiger partial charge in [-0.2, -0.15) is 0 Å². The Morgan fingerprint density at radius 3 is 2.50 bits per heavy atom. The maximum absolute atomic E-state index is 13.1. The Labute approximate surface area is 205 Å². The first kappa shape index (κ1) is 24.5. The summed E-state index contributed by atoms with van der Waals surface area (Å²) in [5.74, 6) is 1.55. The summed E-state index contributed by atoms with van der Waals surface area (Å²) in [4.78, 5) is 29.8. The Bertz CT molecular complexity index is 967. The highest BCUT2D eigenvalue weighted by Crippen LogP contribution is 2.28. The molecule has 1 aromatic heterocycles. The smallest absolute Gasteiger partial charge is 0.223 e. The fourth-order valence-electron chi connectivity index (χ4n) is 4.69. The minimum atomic E-state index is -0.155. The fraction of sp³-hybridized carbons (Fsp3) is 0.560. The number of amides is 2. The summed E-state index contributed by atoms with van der Waals surface area (Å²) in [7, 11) is 0. The van der Waals surface area contributed by atoms with E-state index in [9.17, 15) is 9.59 Å². The van der Waals surface area contributed by atoms with Crippen LogP contribution in [0.5, 0.6) is 5.75 Å².